The van der Waals surface area contributed by atoms with E-state index in [-0.39, 0.29) is 23.8 Å². The van der Waals surface area contributed by atoms with Crippen molar-refractivity contribution in [3.05, 3.63) is 83.6 Å². The van der Waals surface area contributed by atoms with E-state index in [4.69, 9.17) is 29.7 Å². The molecule has 1 heterocycles. The Morgan fingerprint density at radius 1 is 0.851 bits per heavy atom. The number of aromatic nitrogens is 1. The molecule has 1 aromatic heterocycles. The first kappa shape index (κ1) is 33.6. The number of carbonyl (C=O) groups is 1. The van der Waals surface area contributed by atoms with Crippen LogP contribution in [0.4, 0.5) is 0 Å². The van der Waals surface area contributed by atoms with Crippen molar-refractivity contribution < 1.29 is 23.7 Å². The zero-order valence-corrected chi connectivity index (χ0v) is 27.8. The molecule has 4 aliphatic rings. The molecule has 8 nitrogen and oxygen atoms in total. The predicted molar refractivity (Wildman–Crippen MR) is 183 cm³/mol. The minimum atomic E-state index is -0.354. The van der Waals surface area contributed by atoms with E-state index in [2.05, 4.69) is 60.8 Å². The van der Waals surface area contributed by atoms with Gasteiger partial charge in [-0.3, -0.25) is 4.79 Å². The first-order chi connectivity index (χ1) is 23.0. The maximum atomic E-state index is 10.8. The van der Waals surface area contributed by atoms with Crippen LogP contribution in [0.5, 0.6) is 5.88 Å². The highest BCUT2D eigenvalue weighted by Crippen LogP contribution is 2.64. The van der Waals surface area contributed by atoms with E-state index in [1.54, 1.807) is 0 Å². The van der Waals surface area contributed by atoms with Crippen LogP contribution in [0.25, 0.3) is 11.1 Å². The smallest absolute Gasteiger partial charge is 0.219 e. The fraction of sp³-hybridized carbons (Fsp3) is 0.538. The Morgan fingerprint density at radius 3 is 2.15 bits per heavy atom. The highest BCUT2D eigenvalue weighted by Gasteiger charge is 2.54. The molecule has 3 aromatic rings. The quantitative estimate of drug-likeness (QED) is 0.146. The molecule has 4 bridgehead atoms. The Kier molecular flexibility index (Phi) is 11.6. The van der Waals surface area contributed by atoms with Crippen molar-refractivity contribution in [2.45, 2.75) is 64.5 Å². The van der Waals surface area contributed by atoms with Gasteiger partial charge >= 0.3 is 0 Å². The zero-order chi connectivity index (χ0) is 32.5. The molecule has 0 spiro atoms. The third-order valence-corrected chi connectivity index (χ3v) is 10.5. The van der Waals surface area contributed by atoms with Crippen molar-refractivity contribution in [3.8, 4) is 17.0 Å². The predicted octanol–water partition coefficient (Wildman–Crippen LogP) is 6.41. The molecule has 0 saturated heterocycles. The molecule has 0 aliphatic heterocycles. The zero-order valence-electron chi connectivity index (χ0n) is 27.8. The highest BCUT2D eigenvalue weighted by atomic mass is 16.5. The number of hydrogen-bond acceptors (Lipinski definition) is 7. The van der Waals surface area contributed by atoms with Crippen molar-refractivity contribution in [1.82, 2.24) is 10.3 Å². The van der Waals surface area contributed by atoms with E-state index in [0.717, 1.165) is 24.3 Å². The summed E-state index contributed by atoms with van der Waals surface area (Å²) in [7, 11) is 0. The third-order valence-electron chi connectivity index (χ3n) is 10.5. The number of amides is 1. The van der Waals surface area contributed by atoms with Crippen molar-refractivity contribution in [3.63, 3.8) is 0 Å². The first-order valence-electron chi connectivity index (χ1n) is 17.5. The van der Waals surface area contributed by atoms with Crippen LogP contribution < -0.4 is 15.8 Å². The number of rotatable bonds is 19. The molecule has 4 aliphatic carbocycles. The van der Waals surface area contributed by atoms with Gasteiger partial charge in [0.25, 0.3) is 0 Å². The van der Waals surface area contributed by atoms with Gasteiger partial charge in [-0.25, -0.2) is 4.98 Å². The second-order valence-corrected chi connectivity index (χ2v) is 13.9. The number of ether oxygens (including phenoxy) is 4. The lowest BCUT2D eigenvalue weighted by atomic mass is 9.47. The van der Waals surface area contributed by atoms with E-state index < -0.39 is 0 Å². The second-order valence-electron chi connectivity index (χ2n) is 13.9. The summed E-state index contributed by atoms with van der Waals surface area (Å²) in [5.74, 6) is 2.90. The molecule has 1 amide bonds. The van der Waals surface area contributed by atoms with Crippen LogP contribution >= 0.6 is 0 Å². The largest absolute Gasteiger partial charge is 0.473 e. The molecular formula is C39H51N3O5. The summed E-state index contributed by atoms with van der Waals surface area (Å²) in [5.41, 5.74) is 11.5. The van der Waals surface area contributed by atoms with Gasteiger partial charge in [-0.1, -0.05) is 54.6 Å². The molecule has 2 aromatic carbocycles. The molecule has 3 N–H and O–H groups in total. The number of hydrogen-bond donors (Lipinski definition) is 2. The lowest BCUT2D eigenvalue weighted by molar-refractivity contribution is -0.119. The Bertz CT molecular complexity index is 1390. The van der Waals surface area contributed by atoms with E-state index in [9.17, 15) is 4.79 Å². The standard InChI is InChI=1S/C39H51N3O5/c1-28-34(8-5-9-35(28)32-6-3-2-4-7-32)27-47-37-11-10-33(26-42-37)38(39-23-29-20-30(24-39)22-31(21-29)25-39)41-13-15-45-17-19-46-18-16-44-14-12-36(40)43/h2-11,26,29-31,38,41H,12-25,27H2,1H3,(H2,40,43). The van der Waals surface area contributed by atoms with Gasteiger partial charge in [0.05, 0.1) is 39.6 Å². The fourth-order valence-electron chi connectivity index (χ4n) is 8.78. The Morgan fingerprint density at radius 2 is 1.51 bits per heavy atom. The van der Waals surface area contributed by atoms with E-state index >= 15 is 0 Å². The summed E-state index contributed by atoms with van der Waals surface area (Å²) < 4.78 is 23.1. The van der Waals surface area contributed by atoms with Crippen LogP contribution in [0.3, 0.4) is 0 Å². The topological polar surface area (TPSA) is 105 Å². The Hall–Kier alpha value is -3.30. The molecule has 4 fully saturated rings. The summed E-state index contributed by atoms with van der Waals surface area (Å²) in [6.45, 7) is 6.35. The third kappa shape index (κ3) is 8.79. The second kappa shape index (κ2) is 16.2. The number of primary amides is 1. The number of nitrogens with two attached hydrogens (primary N) is 1. The average Bonchev–Trinajstić information content (AvgIpc) is 3.06. The molecular weight excluding hydrogens is 590 g/mol. The fourth-order valence-corrected chi connectivity index (χ4v) is 8.78. The van der Waals surface area contributed by atoms with Crippen molar-refractivity contribution in [1.29, 1.82) is 0 Å². The minimum Gasteiger partial charge on any atom is -0.473 e. The van der Waals surface area contributed by atoms with Crippen LogP contribution in [-0.2, 0) is 25.6 Å². The van der Waals surface area contributed by atoms with Crippen LogP contribution in [0.2, 0.25) is 0 Å². The summed E-state index contributed by atoms with van der Waals surface area (Å²) in [6, 6.07) is 21.5. The Balaban J connectivity index is 1.03. The first-order valence-corrected chi connectivity index (χ1v) is 17.5. The molecule has 7 rings (SSSR count). The van der Waals surface area contributed by atoms with Crippen molar-refractivity contribution in [2.75, 3.05) is 46.2 Å². The van der Waals surface area contributed by atoms with Crippen LogP contribution in [0.1, 0.15) is 67.7 Å². The van der Waals surface area contributed by atoms with E-state index in [0.29, 0.717) is 52.1 Å². The molecule has 4 saturated carbocycles. The normalized spacial score (nSPS) is 23.6. The summed E-state index contributed by atoms with van der Waals surface area (Å²) in [6.07, 6.45) is 10.5. The summed E-state index contributed by atoms with van der Waals surface area (Å²) >= 11 is 0. The number of carbonyl (C=O) groups excluding carboxylic acids is 1. The van der Waals surface area contributed by atoms with Gasteiger partial charge < -0.3 is 30.0 Å². The van der Waals surface area contributed by atoms with Crippen molar-refractivity contribution >= 4 is 5.91 Å². The van der Waals surface area contributed by atoms with Gasteiger partial charge in [0.1, 0.15) is 6.61 Å². The summed E-state index contributed by atoms with van der Waals surface area (Å²) in [5, 5.41) is 3.93. The molecule has 1 atom stereocenters. The monoisotopic (exact) mass is 641 g/mol. The molecule has 1 unspecified atom stereocenters. The number of pyridine rings is 1. The maximum Gasteiger partial charge on any atom is 0.219 e. The van der Waals surface area contributed by atoms with Crippen molar-refractivity contribution in [2.24, 2.45) is 28.9 Å². The number of benzene rings is 2. The van der Waals surface area contributed by atoms with Crippen LogP contribution in [0, 0.1) is 30.1 Å². The van der Waals surface area contributed by atoms with Crippen LogP contribution in [-0.4, -0.2) is 57.1 Å². The van der Waals surface area contributed by atoms with Gasteiger partial charge in [-0.2, -0.15) is 0 Å². The lowest BCUT2D eigenvalue weighted by Crippen LogP contribution is -2.52. The highest BCUT2D eigenvalue weighted by molar-refractivity contribution is 5.73. The van der Waals surface area contributed by atoms with Gasteiger partial charge in [0.15, 0.2) is 0 Å². The molecule has 0 radical (unpaired) electrons. The van der Waals surface area contributed by atoms with Crippen LogP contribution in [0.15, 0.2) is 66.9 Å². The molecule has 252 valence electrons. The SMILES string of the molecule is Cc1c(COc2ccc(C(NCCOCCOCCOCCC(N)=O)C34CC5CC(CC(C5)C3)C4)cn2)cccc1-c1ccccc1. The van der Waals surface area contributed by atoms with E-state index in [1.165, 1.54) is 66.3 Å². The van der Waals surface area contributed by atoms with Gasteiger partial charge in [0, 0.05) is 31.3 Å². The summed E-state index contributed by atoms with van der Waals surface area (Å²) in [4.78, 5) is 15.6. The number of nitrogens with one attached hydrogen (secondary N) is 1. The van der Waals surface area contributed by atoms with Gasteiger partial charge in [-0.15, -0.1) is 0 Å². The molecule has 47 heavy (non-hydrogen) atoms. The minimum absolute atomic E-state index is 0.235. The lowest BCUT2D eigenvalue weighted by Gasteiger charge is -2.59. The van der Waals surface area contributed by atoms with E-state index in [1.807, 2.05) is 18.3 Å². The maximum absolute atomic E-state index is 10.8. The average molecular weight is 642 g/mol. The van der Waals surface area contributed by atoms with Gasteiger partial charge in [0.2, 0.25) is 11.8 Å². The van der Waals surface area contributed by atoms with Gasteiger partial charge in [-0.05, 0) is 96.4 Å². The number of nitrogens with zero attached hydrogens (tertiary/aromatic N) is 1. The molecule has 8 heteroatoms. The Labute approximate surface area is 279 Å².